The van der Waals surface area contributed by atoms with Crippen molar-refractivity contribution >= 4 is 49.1 Å². The number of rotatable bonds is 7. The molecule has 8 heteroatoms. The summed E-state index contributed by atoms with van der Waals surface area (Å²) in [7, 11) is -3.92. The van der Waals surface area contributed by atoms with Gasteiger partial charge in [-0.15, -0.1) is 0 Å². The standard InChI is InChI=1S/C22H20BrClN2O3S/c1-16-5-4-6-17(13-16)14-26(30(28,29)19-11-9-18(24)10-12-19)15-22(27)25-21-8-3-2-7-20(21)23/h2-13H,14-15H2,1H3,(H,25,27). The summed E-state index contributed by atoms with van der Waals surface area (Å²) in [5.74, 6) is -0.438. The van der Waals surface area contributed by atoms with E-state index in [-0.39, 0.29) is 18.0 Å². The molecule has 0 fully saturated rings. The molecule has 0 aliphatic carbocycles. The Morgan fingerprint density at radius 1 is 1.03 bits per heavy atom. The molecular weight excluding hydrogens is 488 g/mol. The first kappa shape index (κ1) is 22.5. The SMILES string of the molecule is Cc1cccc(CN(CC(=O)Nc2ccccc2Br)S(=O)(=O)c2ccc(Cl)cc2)c1. The molecule has 30 heavy (non-hydrogen) atoms. The number of nitrogens with zero attached hydrogens (tertiary/aromatic N) is 1. The first-order valence-corrected chi connectivity index (χ1v) is 11.7. The van der Waals surface area contributed by atoms with Gasteiger partial charge >= 0.3 is 0 Å². The minimum atomic E-state index is -3.92. The van der Waals surface area contributed by atoms with E-state index < -0.39 is 15.9 Å². The van der Waals surface area contributed by atoms with Crippen LogP contribution in [0.25, 0.3) is 0 Å². The summed E-state index contributed by atoms with van der Waals surface area (Å²) in [5.41, 5.74) is 2.37. The van der Waals surface area contributed by atoms with Crippen LogP contribution in [0.1, 0.15) is 11.1 Å². The quantitative estimate of drug-likeness (QED) is 0.475. The minimum absolute atomic E-state index is 0.0655. The van der Waals surface area contributed by atoms with Crippen LogP contribution >= 0.6 is 27.5 Å². The molecule has 0 bridgehead atoms. The first-order chi connectivity index (χ1) is 14.3. The predicted molar refractivity (Wildman–Crippen MR) is 123 cm³/mol. The highest BCUT2D eigenvalue weighted by Gasteiger charge is 2.27. The molecule has 0 aromatic heterocycles. The highest BCUT2D eigenvalue weighted by Crippen LogP contribution is 2.23. The topological polar surface area (TPSA) is 66.5 Å². The molecule has 0 atom stereocenters. The molecule has 5 nitrogen and oxygen atoms in total. The van der Waals surface area contributed by atoms with Gasteiger partial charge in [0, 0.05) is 16.0 Å². The van der Waals surface area contributed by atoms with Crippen LogP contribution in [0, 0.1) is 6.92 Å². The number of benzene rings is 3. The lowest BCUT2D eigenvalue weighted by Gasteiger charge is -2.22. The summed E-state index contributed by atoms with van der Waals surface area (Å²) >= 11 is 9.28. The van der Waals surface area contributed by atoms with Crippen LogP contribution in [0.3, 0.4) is 0 Å². The molecular formula is C22H20BrClN2O3S. The molecule has 3 rings (SSSR count). The van der Waals surface area contributed by atoms with Crippen molar-refractivity contribution in [1.82, 2.24) is 4.31 Å². The summed E-state index contributed by atoms with van der Waals surface area (Å²) in [6.45, 7) is 1.66. The Kier molecular flexibility index (Phi) is 7.31. The second-order valence-electron chi connectivity index (χ2n) is 6.74. The van der Waals surface area contributed by atoms with Gasteiger partial charge in [0.05, 0.1) is 17.1 Å². The lowest BCUT2D eigenvalue weighted by atomic mass is 10.1. The van der Waals surface area contributed by atoms with Crippen molar-refractivity contribution in [3.63, 3.8) is 0 Å². The van der Waals surface area contributed by atoms with Gasteiger partial charge in [-0.05, 0) is 64.8 Å². The fourth-order valence-electron chi connectivity index (χ4n) is 2.91. The van der Waals surface area contributed by atoms with Gasteiger partial charge in [-0.3, -0.25) is 4.79 Å². The van der Waals surface area contributed by atoms with E-state index in [9.17, 15) is 13.2 Å². The van der Waals surface area contributed by atoms with Gasteiger partial charge in [0.1, 0.15) is 0 Å². The van der Waals surface area contributed by atoms with Crippen LogP contribution < -0.4 is 5.32 Å². The van der Waals surface area contributed by atoms with E-state index in [2.05, 4.69) is 21.2 Å². The lowest BCUT2D eigenvalue weighted by molar-refractivity contribution is -0.116. The molecule has 0 aliphatic rings. The van der Waals surface area contributed by atoms with E-state index in [0.717, 1.165) is 15.4 Å². The van der Waals surface area contributed by atoms with Crippen molar-refractivity contribution < 1.29 is 13.2 Å². The van der Waals surface area contributed by atoms with E-state index in [1.54, 1.807) is 18.2 Å². The van der Waals surface area contributed by atoms with E-state index in [0.29, 0.717) is 15.2 Å². The molecule has 0 heterocycles. The normalized spacial score (nSPS) is 11.5. The third-order valence-corrected chi connectivity index (χ3v) is 7.11. The lowest BCUT2D eigenvalue weighted by Crippen LogP contribution is -2.37. The van der Waals surface area contributed by atoms with Crippen molar-refractivity contribution in [2.45, 2.75) is 18.4 Å². The number of carbonyl (C=O) groups is 1. The number of sulfonamides is 1. The van der Waals surface area contributed by atoms with Crippen molar-refractivity contribution in [2.24, 2.45) is 0 Å². The van der Waals surface area contributed by atoms with Crippen LogP contribution in [0.4, 0.5) is 5.69 Å². The smallest absolute Gasteiger partial charge is 0.243 e. The number of carbonyl (C=O) groups excluding carboxylic acids is 1. The number of hydrogen-bond donors (Lipinski definition) is 1. The molecule has 3 aromatic rings. The molecule has 0 unspecified atom stereocenters. The first-order valence-electron chi connectivity index (χ1n) is 9.11. The third-order valence-electron chi connectivity index (χ3n) is 4.36. The maximum atomic E-state index is 13.3. The van der Waals surface area contributed by atoms with Gasteiger partial charge in [0.15, 0.2) is 0 Å². The number of anilines is 1. The van der Waals surface area contributed by atoms with Gasteiger partial charge in [0.25, 0.3) is 0 Å². The van der Waals surface area contributed by atoms with Crippen molar-refractivity contribution in [1.29, 1.82) is 0 Å². The van der Waals surface area contributed by atoms with Crippen molar-refractivity contribution in [2.75, 3.05) is 11.9 Å². The summed E-state index contributed by atoms with van der Waals surface area (Å²) in [4.78, 5) is 12.8. The molecule has 0 aliphatic heterocycles. The minimum Gasteiger partial charge on any atom is -0.324 e. The van der Waals surface area contributed by atoms with Gasteiger partial charge in [0.2, 0.25) is 15.9 Å². The van der Waals surface area contributed by atoms with E-state index in [4.69, 9.17) is 11.6 Å². The summed E-state index contributed by atoms with van der Waals surface area (Å²) in [6, 6.07) is 20.6. The van der Waals surface area contributed by atoms with Gasteiger partial charge in [-0.25, -0.2) is 8.42 Å². The summed E-state index contributed by atoms with van der Waals surface area (Å²) < 4.78 is 28.4. The van der Waals surface area contributed by atoms with Gasteiger partial charge in [-0.2, -0.15) is 4.31 Å². The highest BCUT2D eigenvalue weighted by atomic mass is 79.9. The van der Waals surface area contributed by atoms with Gasteiger partial charge < -0.3 is 5.32 Å². The Hall–Kier alpha value is -2.19. The molecule has 0 spiro atoms. The number of nitrogens with one attached hydrogen (secondary N) is 1. The molecule has 1 N–H and O–H groups in total. The second kappa shape index (κ2) is 9.75. The second-order valence-corrected chi connectivity index (χ2v) is 9.97. The Balaban J connectivity index is 1.89. The third kappa shape index (κ3) is 5.70. The van der Waals surface area contributed by atoms with E-state index in [1.165, 1.54) is 24.3 Å². The zero-order valence-electron chi connectivity index (χ0n) is 16.2. The molecule has 0 saturated carbocycles. The molecule has 156 valence electrons. The largest absolute Gasteiger partial charge is 0.324 e. The Morgan fingerprint density at radius 2 is 1.73 bits per heavy atom. The zero-order chi connectivity index (χ0) is 21.7. The molecule has 3 aromatic carbocycles. The monoisotopic (exact) mass is 506 g/mol. The van der Waals surface area contributed by atoms with E-state index >= 15 is 0 Å². The summed E-state index contributed by atoms with van der Waals surface area (Å²) in [5, 5.41) is 3.19. The van der Waals surface area contributed by atoms with Crippen molar-refractivity contribution in [3.05, 3.63) is 93.4 Å². The Labute approximate surface area is 189 Å². The maximum absolute atomic E-state index is 13.3. The zero-order valence-corrected chi connectivity index (χ0v) is 19.3. The van der Waals surface area contributed by atoms with E-state index in [1.807, 2.05) is 37.3 Å². The maximum Gasteiger partial charge on any atom is 0.243 e. The predicted octanol–water partition coefficient (Wildman–Crippen LogP) is 5.24. The van der Waals surface area contributed by atoms with Crippen LogP contribution in [-0.2, 0) is 21.4 Å². The number of halogens is 2. The highest BCUT2D eigenvalue weighted by molar-refractivity contribution is 9.10. The fourth-order valence-corrected chi connectivity index (χ4v) is 4.80. The van der Waals surface area contributed by atoms with Crippen LogP contribution in [0.5, 0.6) is 0 Å². The Bertz CT molecular complexity index is 1150. The molecule has 0 saturated heterocycles. The van der Waals surface area contributed by atoms with Crippen LogP contribution in [0.2, 0.25) is 5.02 Å². The summed E-state index contributed by atoms with van der Waals surface area (Å²) in [6.07, 6.45) is 0. The number of aryl methyl sites for hydroxylation is 1. The van der Waals surface area contributed by atoms with Gasteiger partial charge in [-0.1, -0.05) is 53.6 Å². The molecule has 0 radical (unpaired) electrons. The molecule has 1 amide bonds. The number of para-hydroxylation sites is 1. The van der Waals surface area contributed by atoms with Crippen LogP contribution in [-0.4, -0.2) is 25.2 Å². The average Bonchev–Trinajstić information content (AvgIpc) is 2.69. The fraction of sp³-hybridized carbons (Fsp3) is 0.136. The average molecular weight is 508 g/mol. The Morgan fingerprint density at radius 3 is 2.40 bits per heavy atom. The number of hydrogen-bond acceptors (Lipinski definition) is 3. The van der Waals surface area contributed by atoms with Crippen LogP contribution in [0.15, 0.2) is 82.2 Å². The number of amides is 1. The van der Waals surface area contributed by atoms with Crippen molar-refractivity contribution in [3.8, 4) is 0 Å².